The Morgan fingerprint density at radius 1 is 1.33 bits per heavy atom. The van der Waals surface area contributed by atoms with Gasteiger partial charge in [-0.15, -0.1) is 0 Å². The fraction of sp³-hybridized carbons (Fsp3) is 0.909. The first-order valence-electron chi connectivity index (χ1n) is 5.84. The van der Waals surface area contributed by atoms with Gasteiger partial charge in [0.1, 0.15) is 0 Å². The van der Waals surface area contributed by atoms with Gasteiger partial charge in [0.15, 0.2) is 0 Å². The Morgan fingerprint density at radius 2 is 2.00 bits per heavy atom. The van der Waals surface area contributed by atoms with E-state index in [4.69, 9.17) is 0 Å². The van der Waals surface area contributed by atoms with Crippen LogP contribution >= 0.6 is 11.8 Å². The van der Waals surface area contributed by atoms with Crippen LogP contribution in [0.4, 0.5) is 0 Å². The molecule has 1 amide bonds. The van der Waals surface area contributed by atoms with Crippen LogP contribution in [0.25, 0.3) is 0 Å². The van der Waals surface area contributed by atoms with Gasteiger partial charge in [-0.05, 0) is 19.4 Å². The molecule has 86 valence electrons. The Bertz CT molecular complexity index is 231. The van der Waals surface area contributed by atoms with Crippen molar-refractivity contribution in [3.63, 3.8) is 0 Å². The van der Waals surface area contributed by atoms with Gasteiger partial charge in [0.2, 0.25) is 5.91 Å². The smallest absolute Gasteiger partial charge is 0.239 e. The number of hydrogen-bond donors (Lipinski definition) is 1. The molecule has 4 heteroatoms. The lowest BCUT2D eigenvalue weighted by molar-refractivity contribution is -0.133. The van der Waals surface area contributed by atoms with Gasteiger partial charge in [-0.3, -0.25) is 4.79 Å². The van der Waals surface area contributed by atoms with Gasteiger partial charge in [0.25, 0.3) is 0 Å². The summed E-state index contributed by atoms with van der Waals surface area (Å²) in [6.45, 7) is 7.27. The largest absolute Gasteiger partial charge is 0.339 e. The van der Waals surface area contributed by atoms with Crippen LogP contribution < -0.4 is 5.32 Å². The van der Waals surface area contributed by atoms with Gasteiger partial charge in [0, 0.05) is 23.6 Å². The molecule has 0 spiro atoms. The minimum absolute atomic E-state index is 0.104. The number of nitrogens with zero attached hydrogens (tertiary/aromatic N) is 1. The topological polar surface area (TPSA) is 32.3 Å². The summed E-state index contributed by atoms with van der Waals surface area (Å²) >= 11 is 1.99. The number of rotatable bonds is 1. The number of hydrogen-bond acceptors (Lipinski definition) is 3. The Balaban J connectivity index is 1.93. The van der Waals surface area contributed by atoms with Crippen molar-refractivity contribution in [3.8, 4) is 0 Å². The first-order valence-corrected chi connectivity index (χ1v) is 6.78. The predicted octanol–water partition coefficient (Wildman–Crippen LogP) is 1.09. The molecule has 2 unspecified atom stereocenters. The van der Waals surface area contributed by atoms with Crippen molar-refractivity contribution in [2.45, 2.75) is 43.2 Å². The van der Waals surface area contributed by atoms with E-state index in [0.717, 1.165) is 32.5 Å². The lowest BCUT2D eigenvalue weighted by Crippen LogP contribution is -2.50. The molecule has 2 aliphatic heterocycles. The minimum Gasteiger partial charge on any atom is -0.339 e. The predicted molar refractivity (Wildman–Crippen MR) is 64.1 cm³/mol. The Labute approximate surface area is 96.0 Å². The molecule has 0 saturated carbocycles. The van der Waals surface area contributed by atoms with Crippen molar-refractivity contribution in [1.82, 2.24) is 10.2 Å². The third-order valence-corrected chi connectivity index (χ3v) is 4.32. The van der Waals surface area contributed by atoms with E-state index in [-0.39, 0.29) is 6.04 Å². The molecule has 3 nitrogen and oxygen atoms in total. The summed E-state index contributed by atoms with van der Waals surface area (Å²) in [5.41, 5.74) is 0. The zero-order chi connectivity index (χ0) is 10.8. The van der Waals surface area contributed by atoms with Crippen LogP contribution in [0.5, 0.6) is 0 Å². The average Bonchev–Trinajstić information content (AvgIpc) is 2.67. The zero-order valence-electron chi connectivity index (χ0n) is 9.53. The third-order valence-electron chi connectivity index (χ3n) is 3.09. The molecule has 1 N–H and O–H groups in total. The lowest BCUT2D eigenvalue weighted by Gasteiger charge is -2.36. The van der Waals surface area contributed by atoms with Crippen LogP contribution in [0.15, 0.2) is 0 Å². The van der Waals surface area contributed by atoms with Gasteiger partial charge >= 0.3 is 0 Å². The summed E-state index contributed by atoms with van der Waals surface area (Å²) < 4.78 is 0. The molecule has 3 atom stereocenters. The van der Waals surface area contributed by atoms with E-state index in [1.165, 1.54) is 0 Å². The molecule has 0 aliphatic carbocycles. The minimum atomic E-state index is 0.104. The Hall–Kier alpha value is -0.220. The van der Waals surface area contributed by atoms with Crippen LogP contribution in [-0.2, 0) is 4.79 Å². The van der Waals surface area contributed by atoms with E-state index in [1.54, 1.807) is 0 Å². The SMILES string of the molecule is CC1CN(C(=O)[C@@H]2CCCN2)CC(C)S1. The third kappa shape index (κ3) is 2.67. The van der Waals surface area contributed by atoms with E-state index in [9.17, 15) is 4.79 Å². The van der Waals surface area contributed by atoms with Crippen molar-refractivity contribution in [2.24, 2.45) is 0 Å². The van der Waals surface area contributed by atoms with E-state index in [2.05, 4.69) is 24.1 Å². The second kappa shape index (κ2) is 4.74. The van der Waals surface area contributed by atoms with E-state index >= 15 is 0 Å². The van der Waals surface area contributed by atoms with Crippen molar-refractivity contribution in [1.29, 1.82) is 0 Å². The van der Waals surface area contributed by atoms with Crippen LogP contribution in [0, 0.1) is 0 Å². The van der Waals surface area contributed by atoms with E-state index < -0.39 is 0 Å². The normalized spacial score (nSPS) is 36.9. The summed E-state index contributed by atoms with van der Waals surface area (Å²) in [4.78, 5) is 14.2. The van der Waals surface area contributed by atoms with Crippen LogP contribution in [0.2, 0.25) is 0 Å². The highest BCUT2D eigenvalue weighted by molar-refractivity contribution is 8.00. The molecule has 0 aromatic carbocycles. The monoisotopic (exact) mass is 228 g/mol. The summed E-state index contributed by atoms with van der Waals surface area (Å²) in [5, 5.41) is 4.45. The number of thioether (sulfide) groups is 1. The summed E-state index contributed by atoms with van der Waals surface area (Å²) in [6.07, 6.45) is 2.16. The van der Waals surface area contributed by atoms with Gasteiger partial charge in [-0.2, -0.15) is 11.8 Å². The molecule has 0 radical (unpaired) electrons. The Kier molecular flexibility index (Phi) is 3.57. The standard InChI is InChI=1S/C11H20N2OS/c1-8-6-13(7-9(2)15-8)11(14)10-4-3-5-12-10/h8-10,12H,3-7H2,1-2H3/t8?,9?,10-/m0/s1. The molecule has 0 aromatic rings. The highest BCUT2D eigenvalue weighted by Crippen LogP contribution is 2.25. The van der Waals surface area contributed by atoms with Gasteiger partial charge in [-0.1, -0.05) is 13.8 Å². The average molecular weight is 228 g/mol. The summed E-state index contributed by atoms with van der Waals surface area (Å²) in [5.74, 6) is 0.325. The van der Waals surface area contributed by atoms with E-state index in [0.29, 0.717) is 16.4 Å². The second-order valence-electron chi connectivity index (χ2n) is 4.65. The summed E-state index contributed by atoms with van der Waals surface area (Å²) in [6, 6.07) is 0.104. The zero-order valence-corrected chi connectivity index (χ0v) is 10.3. The van der Waals surface area contributed by atoms with Crippen molar-refractivity contribution >= 4 is 17.7 Å². The molecule has 2 saturated heterocycles. The first kappa shape index (κ1) is 11.3. The Morgan fingerprint density at radius 3 is 2.53 bits per heavy atom. The van der Waals surface area contributed by atoms with Crippen molar-refractivity contribution in [3.05, 3.63) is 0 Å². The van der Waals surface area contributed by atoms with Gasteiger partial charge < -0.3 is 10.2 Å². The maximum atomic E-state index is 12.1. The molecule has 0 bridgehead atoms. The maximum absolute atomic E-state index is 12.1. The number of amides is 1. The molecule has 2 heterocycles. The molecule has 2 fully saturated rings. The fourth-order valence-electron chi connectivity index (χ4n) is 2.47. The first-order chi connectivity index (χ1) is 7.16. The van der Waals surface area contributed by atoms with Gasteiger partial charge in [-0.25, -0.2) is 0 Å². The van der Waals surface area contributed by atoms with Crippen molar-refractivity contribution in [2.75, 3.05) is 19.6 Å². The molecule has 15 heavy (non-hydrogen) atoms. The van der Waals surface area contributed by atoms with E-state index in [1.807, 2.05) is 11.8 Å². The maximum Gasteiger partial charge on any atom is 0.239 e. The second-order valence-corrected chi connectivity index (χ2v) is 6.53. The van der Waals surface area contributed by atoms with Gasteiger partial charge in [0.05, 0.1) is 6.04 Å². The molecule has 2 rings (SSSR count). The molecular formula is C11H20N2OS. The number of carbonyl (C=O) groups is 1. The van der Waals surface area contributed by atoms with Crippen molar-refractivity contribution < 1.29 is 4.79 Å². The van der Waals surface area contributed by atoms with Crippen LogP contribution in [-0.4, -0.2) is 47.0 Å². The number of nitrogens with one attached hydrogen (secondary N) is 1. The highest BCUT2D eigenvalue weighted by Gasteiger charge is 2.31. The molecule has 2 aliphatic rings. The van der Waals surface area contributed by atoms with Crippen LogP contribution in [0.3, 0.4) is 0 Å². The summed E-state index contributed by atoms with van der Waals surface area (Å²) in [7, 11) is 0. The highest BCUT2D eigenvalue weighted by atomic mass is 32.2. The quantitative estimate of drug-likeness (QED) is 0.729. The number of carbonyl (C=O) groups excluding carboxylic acids is 1. The van der Waals surface area contributed by atoms with Crippen LogP contribution in [0.1, 0.15) is 26.7 Å². The molecular weight excluding hydrogens is 208 g/mol. The fourth-order valence-corrected chi connectivity index (χ4v) is 3.80. The lowest BCUT2D eigenvalue weighted by atomic mass is 10.2. The molecule has 0 aromatic heterocycles.